The topological polar surface area (TPSA) is 53.9 Å². The van der Waals surface area contributed by atoms with Crippen molar-refractivity contribution >= 4 is 5.82 Å². The molecule has 2 fully saturated rings. The fraction of sp³-hybridized carbons (Fsp3) is 0.375. The predicted octanol–water partition coefficient (Wildman–Crippen LogP) is 5.16. The SMILES string of the molecule is FC(F)(F)c1cc(NC2CC3CCC(C2)N3Cc2ccccc2)nc(-c2ccncc2)n1. The Morgan fingerprint density at radius 3 is 2.28 bits per heavy atom. The number of piperidine rings is 1. The van der Waals surface area contributed by atoms with Crippen LogP contribution in [0.25, 0.3) is 11.4 Å². The number of halogens is 3. The predicted molar refractivity (Wildman–Crippen MR) is 116 cm³/mol. The molecular weight excluding hydrogens is 415 g/mol. The van der Waals surface area contributed by atoms with Crippen molar-refractivity contribution in [2.75, 3.05) is 5.32 Å². The first-order valence-electron chi connectivity index (χ1n) is 10.9. The summed E-state index contributed by atoms with van der Waals surface area (Å²) in [5.74, 6) is 0.272. The highest BCUT2D eigenvalue weighted by molar-refractivity contribution is 5.57. The van der Waals surface area contributed by atoms with Crippen LogP contribution < -0.4 is 5.32 Å². The molecule has 4 heterocycles. The van der Waals surface area contributed by atoms with Crippen LogP contribution in [0.5, 0.6) is 0 Å². The molecule has 1 aromatic carbocycles. The Morgan fingerprint density at radius 2 is 1.62 bits per heavy atom. The van der Waals surface area contributed by atoms with Crippen LogP contribution in [0.1, 0.15) is 36.9 Å². The third-order valence-electron chi connectivity index (χ3n) is 6.40. The van der Waals surface area contributed by atoms with E-state index in [4.69, 9.17) is 0 Å². The van der Waals surface area contributed by atoms with Gasteiger partial charge >= 0.3 is 6.18 Å². The van der Waals surface area contributed by atoms with E-state index in [0.29, 0.717) is 17.6 Å². The molecule has 2 saturated heterocycles. The zero-order valence-electron chi connectivity index (χ0n) is 17.5. The van der Waals surface area contributed by atoms with Gasteiger partial charge in [-0.3, -0.25) is 9.88 Å². The average Bonchev–Trinajstić information content (AvgIpc) is 3.02. The lowest BCUT2D eigenvalue weighted by Crippen LogP contribution is -2.46. The van der Waals surface area contributed by atoms with E-state index in [0.717, 1.165) is 38.3 Å². The first-order chi connectivity index (χ1) is 15.5. The third-order valence-corrected chi connectivity index (χ3v) is 6.40. The summed E-state index contributed by atoms with van der Waals surface area (Å²) in [4.78, 5) is 14.6. The summed E-state index contributed by atoms with van der Waals surface area (Å²) in [5, 5.41) is 3.30. The van der Waals surface area contributed by atoms with E-state index in [2.05, 4.69) is 49.4 Å². The highest BCUT2D eigenvalue weighted by atomic mass is 19.4. The van der Waals surface area contributed by atoms with Gasteiger partial charge in [-0.1, -0.05) is 30.3 Å². The normalized spacial score (nSPS) is 23.3. The van der Waals surface area contributed by atoms with Crippen LogP contribution in [-0.4, -0.2) is 38.0 Å². The largest absolute Gasteiger partial charge is 0.433 e. The van der Waals surface area contributed by atoms with Gasteiger partial charge < -0.3 is 5.32 Å². The van der Waals surface area contributed by atoms with Gasteiger partial charge in [0.05, 0.1) is 0 Å². The van der Waals surface area contributed by atoms with Crippen molar-refractivity contribution in [3.63, 3.8) is 0 Å². The van der Waals surface area contributed by atoms with Crippen molar-refractivity contribution in [1.29, 1.82) is 0 Å². The summed E-state index contributed by atoms with van der Waals surface area (Å²) in [5.41, 5.74) is 0.863. The number of benzene rings is 1. The lowest BCUT2D eigenvalue weighted by Gasteiger charge is -2.39. The number of aromatic nitrogens is 3. The Balaban J connectivity index is 1.34. The summed E-state index contributed by atoms with van der Waals surface area (Å²) in [6.07, 6.45) is 2.52. The van der Waals surface area contributed by atoms with Crippen LogP contribution in [0.2, 0.25) is 0 Å². The van der Waals surface area contributed by atoms with Crippen LogP contribution in [0.15, 0.2) is 60.9 Å². The maximum absolute atomic E-state index is 13.5. The number of anilines is 1. The molecule has 2 aliphatic rings. The molecule has 0 saturated carbocycles. The molecule has 166 valence electrons. The van der Waals surface area contributed by atoms with Crippen LogP contribution in [0.4, 0.5) is 19.0 Å². The van der Waals surface area contributed by atoms with Gasteiger partial charge in [0, 0.05) is 48.7 Å². The Kier molecular flexibility index (Phi) is 5.55. The Morgan fingerprint density at radius 1 is 0.938 bits per heavy atom. The molecule has 2 aliphatic heterocycles. The average molecular weight is 439 g/mol. The first kappa shape index (κ1) is 20.9. The summed E-state index contributed by atoms with van der Waals surface area (Å²) in [7, 11) is 0. The maximum Gasteiger partial charge on any atom is 0.433 e. The molecule has 32 heavy (non-hydrogen) atoms. The van der Waals surface area contributed by atoms with Crippen molar-refractivity contribution in [1.82, 2.24) is 19.9 Å². The highest BCUT2D eigenvalue weighted by Gasteiger charge is 2.41. The van der Waals surface area contributed by atoms with Crippen LogP contribution in [-0.2, 0) is 12.7 Å². The van der Waals surface area contributed by atoms with Crippen molar-refractivity contribution in [3.8, 4) is 11.4 Å². The number of hydrogen-bond donors (Lipinski definition) is 1. The summed E-state index contributed by atoms with van der Waals surface area (Å²) in [6, 6.07) is 15.6. The maximum atomic E-state index is 13.5. The zero-order valence-corrected chi connectivity index (χ0v) is 17.5. The molecule has 0 amide bonds. The number of nitrogens with zero attached hydrogens (tertiary/aromatic N) is 4. The second-order valence-corrected chi connectivity index (χ2v) is 8.55. The Bertz CT molecular complexity index is 1040. The molecule has 1 N–H and O–H groups in total. The molecule has 3 aromatic rings. The monoisotopic (exact) mass is 439 g/mol. The number of alkyl halides is 3. The van der Waals surface area contributed by atoms with Gasteiger partial charge in [0.15, 0.2) is 11.5 Å². The first-order valence-corrected chi connectivity index (χ1v) is 10.9. The van der Waals surface area contributed by atoms with Crippen molar-refractivity contribution < 1.29 is 13.2 Å². The molecule has 0 aliphatic carbocycles. The quantitative estimate of drug-likeness (QED) is 0.595. The van der Waals surface area contributed by atoms with Crippen molar-refractivity contribution in [2.45, 2.75) is 56.5 Å². The molecule has 0 spiro atoms. The minimum atomic E-state index is -4.54. The molecule has 2 unspecified atom stereocenters. The molecule has 0 radical (unpaired) electrons. The van der Waals surface area contributed by atoms with Gasteiger partial charge in [0.2, 0.25) is 0 Å². The second-order valence-electron chi connectivity index (χ2n) is 8.55. The molecule has 2 bridgehead atoms. The summed E-state index contributed by atoms with van der Waals surface area (Å²) < 4.78 is 40.5. The van der Waals surface area contributed by atoms with E-state index < -0.39 is 11.9 Å². The number of nitrogens with one attached hydrogen (secondary N) is 1. The standard InChI is InChI=1S/C24H24F3N5/c25-24(26,27)21-14-22(31-23(30-21)17-8-10-28-11-9-17)29-18-12-19-6-7-20(13-18)32(19)15-16-4-2-1-3-5-16/h1-5,8-11,14,18-20H,6-7,12-13,15H2,(H,29,30,31). The molecule has 2 aromatic heterocycles. The van der Waals surface area contributed by atoms with E-state index in [9.17, 15) is 13.2 Å². The number of fused-ring (bicyclic) bond motifs is 2. The van der Waals surface area contributed by atoms with Gasteiger partial charge in [-0.25, -0.2) is 9.97 Å². The summed E-state index contributed by atoms with van der Waals surface area (Å²) >= 11 is 0. The highest BCUT2D eigenvalue weighted by Crippen LogP contribution is 2.38. The number of rotatable bonds is 5. The lowest BCUT2D eigenvalue weighted by atomic mass is 9.96. The van der Waals surface area contributed by atoms with E-state index in [1.165, 1.54) is 18.0 Å². The fourth-order valence-electron chi connectivity index (χ4n) is 4.95. The van der Waals surface area contributed by atoms with Crippen molar-refractivity contribution in [3.05, 3.63) is 72.2 Å². The second kappa shape index (κ2) is 8.50. The Labute approximate surface area is 184 Å². The van der Waals surface area contributed by atoms with Gasteiger partial charge in [-0.05, 0) is 43.4 Å². The Hall–Kier alpha value is -3.00. The van der Waals surface area contributed by atoms with E-state index >= 15 is 0 Å². The molecular formula is C24H24F3N5. The van der Waals surface area contributed by atoms with E-state index in [1.807, 2.05) is 6.07 Å². The van der Waals surface area contributed by atoms with Crippen LogP contribution in [0.3, 0.4) is 0 Å². The third kappa shape index (κ3) is 4.46. The number of hydrogen-bond acceptors (Lipinski definition) is 5. The van der Waals surface area contributed by atoms with Gasteiger partial charge in [-0.2, -0.15) is 13.2 Å². The van der Waals surface area contributed by atoms with Crippen LogP contribution >= 0.6 is 0 Å². The number of pyridine rings is 1. The zero-order chi connectivity index (χ0) is 22.1. The van der Waals surface area contributed by atoms with Crippen molar-refractivity contribution in [2.24, 2.45) is 0 Å². The fourth-order valence-corrected chi connectivity index (χ4v) is 4.95. The van der Waals surface area contributed by atoms with Gasteiger partial charge in [0.1, 0.15) is 5.82 Å². The van der Waals surface area contributed by atoms with E-state index in [1.54, 1.807) is 12.1 Å². The minimum absolute atomic E-state index is 0.0502. The van der Waals surface area contributed by atoms with E-state index in [-0.39, 0.29) is 17.7 Å². The molecule has 2 atom stereocenters. The minimum Gasteiger partial charge on any atom is -0.367 e. The molecule has 5 rings (SSSR count). The lowest BCUT2D eigenvalue weighted by molar-refractivity contribution is -0.141. The van der Waals surface area contributed by atoms with Crippen LogP contribution in [0, 0.1) is 0 Å². The van der Waals surface area contributed by atoms with Gasteiger partial charge in [-0.15, -0.1) is 0 Å². The summed E-state index contributed by atoms with van der Waals surface area (Å²) in [6.45, 7) is 0.917. The molecule has 5 nitrogen and oxygen atoms in total. The smallest absolute Gasteiger partial charge is 0.367 e. The molecule has 8 heteroatoms. The van der Waals surface area contributed by atoms with Gasteiger partial charge in [0.25, 0.3) is 0 Å².